The van der Waals surface area contributed by atoms with Gasteiger partial charge in [0.05, 0.1) is 5.41 Å². The van der Waals surface area contributed by atoms with Crippen LogP contribution in [0.4, 0.5) is 11.4 Å². The summed E-state index contributed by atoms with van der Waals surface area (Å²) in [5.41, 5.74) is 17.3. The summed E-state index contributed by atoms with van der Waals surface area (Å²) in [6.07, 6.45) is 0. The Labute approximate surface area is 258 Å². The van der Waals surface area contributed by atoms with Gasteiger partial charge in [0.25, 0.3) is 0 Å². The molecule has 0 saturated carbocycles. The quantitative estimate of drug-likeness (QED) is 0.226. The van der Waals surface area contributed by atoms with E-state index in [0.717, 1.165) is 11.4 Å². The molecule has 7 aromatic carbocycles. The molecule has 44 heavy (non-hydrogen) atoms. The first-order valence-electron chi connectivity index (χ1n) is 15.3. The van der Waals surface area contributed by atoms with Gasteiger partial charge in [-0.05, 0) is 97.1 Å². The van der Waals surface area contributed by atoms with Gasteiger partial charge in [0.1, 0.15) is 0 Å². The van der Waals surface area contributed by atoms with Gasteiger partial charge in [-0.15, -0.1) is 0 Å². The van der Waals surface area contributed by atoms with E-state index in [1.807, 2.05) is 0 Å². The van der Waals surface area contributed by atoms with Crippen LogP contribution in [-0.4, -0.2) is 0 Å². The predicted octanol–water partition coefficient (Wildman–Crippen LogP) is 11.1. The molecule has 0 heterocycles. The molecule has 0 bridgehead atoms. The summed E-state index contributed by atoms with van der Waals surface area (Å²) in [6.45, 7) is 0. The van der Waals surface area contributed by atoms with Gasteiger partial charge in [-0.25, -0.2) is 0 Å². The summed E-state index contributed by atoms with van der Waals surface area (Å²) in [6, 6.07) is 61.9. The summed E-state index contributed by atoms with van der Waals surface area (Å²) in [4.78, 5) is 0. The lowest BCUT2D eigenvalue weighted by atomic mass is 9.70. The fourth-order valence-corrected chi connectivity index (χ4v) is 7.63. The van der Waals surface area contributed by atoms with Gasteiger partial charge in [0, 0.05) is 11.4 Å². The van der Waals surface area contributed by atoms with Gasteiger partial charge in [0.15, 0.2) is 0 Å². The van der Waals surface area contributed by atoms with Crippen molar-refractivity contribution in [2.75, 3.05) is 5.32 Å². The van der Waals surface area contributed by atoms with E-state index in [9.17, 15) is 0 Å². The minimum atomic E-state index is -0.349. The Kier molecular flexibility index (Phi) is 5.48. The zero-order valence-corrected chi connectivity index (χ0v) is 24.2. The fraction of sp³-hybridized carbons (Fsp3) is 0.0233. The third kappa shape index (κ3) is 3.60. The highest BCUT2D eigenvalue weighted by molar-refractivity contribution is 5.95. The lowest BCUT2D eigenvalue weighted by Gasteiger charge is -2.30. The highest BCUT2D eigenvalue weighted by atomic mass is 14.9. The molecule has 0 fully saturated rings. The Bertz CT molecular complexity index is 2070. The van der Waals surface area contributed by atoms with Crippen molar-refractivity contribution in [3.8, 4) is 44.5 Å². The van der Waals surface area contributed by atoms with Gasteiger partial charge >= 0.3 is 0 Å². The molecule has 0 radical (unpaired) electrons. The molecular formula is C43H29N. The first-order chi connectivity index (χ1) is 21.8. The number of nitrogens with one attached hydrogen (secondary N) is 1. The maximum Gasteiger partial charge on any atom is 0.0726 e. The van der Waals surface area contributed by atoms with E-state index in [1.165, 1.54) is 66.8 Å². The van der Waals surface area contributed by atoms with Gasteiger partial charge in [-0.1, -0.05) is 140 Å². The molecule has 1 N–H and O–H groups in total. The lowest BCUT2D eigenvalue weighted by molar-refractivity contribution is 0.794. The molecule has 1 heteroatoms. The van der Waals surface area contributed by atoms with Crippen LogP contribution in [0.25, 0.3) is 44.5 Å². The molecule has 2 aliphatic rings. The van der Waals surface area contributed by atoms with Crippen LogP contribution in [0.2, 0.25) is 0 Å². The molecule has 0 aliphatic heterocycles. The maximum atomic E-state index is 3.84. The zero-order valence-electron chi connectivity index (χ0n) is 24.2. The molecule has 1 spiro atoms. The van der Waals surface area contributed by atoms with Crippen LogP contribution < -0.4 is 5.32 Å². The van der Waals surface area contributed by atoms with Crippen molar-refractivity contribution >= 4 is 11.4 Å². The van der Waals surface area contributed by atoms with Crippen molar-refractivity contribution in [1.82, 2.24) is 0 Å². The van der Waals surface area contributed by atoms with E-state index < -0.39 is 0 Å². The van der Waals surface area contributed by atoms with Crippen LogP contribution in [0.5, 0.6) is 0 Å². The molecule has 7 aromatic rings. The third-order valence-electron chi connectivity index (χ3n) is 9.43. The van der Waals surface area contributed by atoms with E-state index in [-0.39, 0.29) is 5.41 Å². The van der Waals surface area contributed by atoms with Crippen molar-refractivity contribution in [3.63, 3.8) is 0 Å². The molecule has 9 rings (SSSR count). The van der Waals surface area contributed by atoms with Crippen molar-refractivity contribution in [2.45, 2.75) is 5.41 Å². The van der Waals surface area contributed by atoms with Crippen LogP contribution in [0, 0.1) is 0 Å². The number of benzene rings is 7. The second-order valence-corrected chi connectivity index (χ2v) is 11.8. The number of hydrogen-bond donors (Lipinski definition) is 1. The first kappa shape index (κ1) is 24.9. The van der Waals surface area contributed by atoms with Gasteiger partial charge in [-0.3, -0.25) is 0 Å². The van der Waals surface area contributed by atoms with E-state index in [0.29, 0.717) is 0 Å². The maximum absolute atomic E-state index is 3.84. The van der Waals surface area contributed by atoms with Crippen molar-refractivity contribution < 1.29 is 0 Å². The van der Waals surface area contributed by atoms with Crippen LogP contribution in [0.1, 0.15) is 22.3 Å². The molecule has 1 nitrogen and oxygen atoms in total. The largest absolute Gasteiger partial charge is 0.355 e. The summed E-state index contributed by atoms with van der Waals surface area (Å²) in [5, 5.41) is 3.84. The monoisotopic (exact) mass is 559 g/mol. The number of rotatable bonds is 4. The normalized spacial score (nSPS) is 13.2. The van der Waals surface area contributed by atoms with Gasteiger partial charge in [-0.2, -0.15) is 0 Å². The Morgan fingerprint density at radius 3 is 1.23 bits per heavy atom. The minimum Gasteiger partial charge on any atom is -0.355 e. The standard InChI is InChI=1S/C43H29N/c1-3-13-29(14-4-1)31-25-32(30-15-5-2-6-16-30)27-34(26-31)44-33-23-24-38-37-19-9-12-22-41(37)43(42(38)28-33)39-20-10-7-17-35(39)36-18-8-11-21-40(36)43/h1-28,44H. The Balaban J connectivity index is 1.23. The van der Waals surface area contributed by atoms with E-state index in [2.05, 4.69) is 175 Å². The number of fused-ring (bicyclic) bond motifs is 10. The minimum absolute atomic E-state index is 0.349. The molecule has 0 atom stereocenters. The van der Waals surface area contributed by atoms with Crippen molar-refractivity contribution in [1.29, 1.82) is 0 Å². The van der Waals surface area contributed by atoms with E-state index >= 15 is 0 Å². The van der Waals surface area contributed by atoms with Crippen LogP contribution in [-0.2, 0) is 5.41 Å². The second kappa shape index (κ2) is 9.69. The predicted molar refractivity (Wildman–Crippen MR) is 183 cm³/mol. The fourth-order valence-electron chi connectivity index (χ4n) is 7.63. The molecule has 2 aliphatic carbocycles. The van der Waals surface area contributed by atoms with Crippen LogP contribution >= 0.6 is 0 Å². The topological polar surface area (TPSA) is 12.0 Å². The van der Waals surface area contributed by atoms with E-state index in [4.69, 9.17) is 0 Å². The van der Waals surface area contributed by atoms with Crippen LogP contribution in [0.15, 0.2) is 170 Å². The second-order valence-electron chi connectivity index (χ2n) is 11.8. The van der Waals surface area contributed by atoms with Crippen molar-refractivity contribution in [2.24, 2.45) is 0 Å². The molecule has 0 aromatic heterocycles. The highest BCUT2D eigenvalue weighted by Crippen LogP contribution is 2.62. The SMILES string of the molecule is c1ccc(-c2cc(Nc3ccc4c(c3)C3(c5ccccc5-c5ccccc53)c3ccccc3-4)cc(-c3ccccc3)c2)cc1. The number of hydrogen-bond acceptors (Lipinski definition) is 1. The van der Waals surface area contributed by atoms with Crippen molar-refractivity contribution in [3.05, 3.63) is 192 Å². The van der Waals surface area contributed by atoms with E-state index in [1.54, 1.807) is 0 Å². The molecule has 0 saturated heterocycles. The average molecular weight is 560 g/mol. The third-order valence-corrected chi connectivity index (χ3v) is 9.43. The number of anilines is 2. The van der Waals surface area contributed by atoms with Gasteiger partial charge in [0.2, 0.25) is 0 Å². The smallest absolute Gasteiger partial charge is 0.0726 e. The zero-order chi connectivity index (χ0) is 29.1. The van der Waals surface area contributed by atoms with Gasteiger partial charge < -0.3 is 5.32 Å². The molecule has 206 valence electrons. The molecule has 0 unspecified atom stereocenters. The Morgan fingerprint density at radius 2 is 0.727 bits per heavy atom. The lowest BCUT2D eigenvalue weighted by Crippen LogP contribution is -2.25. The summed E-state index contributed by atoms with van der Waals surface area (Å²) >= 11 is 0. The summed E-state index contributed by atoms with van der Waals surface area (Å²) in [7, 11) is 0. The Morgan fingerprint density at radius 1 is 0.295 bits per heavy atom. The molecular weight excluding hydrogens is 530 g/mol. The summed E-state index contributed by atoms with van der Waals surface area (Å²) < 4.78 is 0. The van der Waals surface area contributed by atoms with Crippen LogP contribution in [0.3, 0.4) is 0 Å². The molecule has 0 amide bonds. The average Bonchev–Trinajstić information content (AvgIpc) is 3.56. The summed E-state index contributed by atoms with van der Waals surface area (Å²) in [5.74, 6) is 0. The first-order valence-corrected chi connectivity index (χ1v) is 15.3. The highest BCUT2D eigenvalue weighted by Gasteiger charge is 2.51. The Hall–Kier alpha value is -5.66.